The molecule has 0 saturated carbocycles. The molecule has 3 heteroatoms. The largest absolute Gasteiger partial charge is 0.453 e. The van der Waals surface area contributed by atoms with Crippen LogP contribution in [0.2, 0.25) is 0 Å². The van der Waals surface area contributed by atoms with E-state index in [1.807, 2.05) is 0 Å². The number of nitrogens with zero attached hydrogens (tertiary/aromatic N) is 2. The molecule has 2 aliphatic rings. The Kier molecular flexibility index (Phi) is 5.63. The molecule has 48 heavy (non-hydrogen) atoms. The van der Waals surface area contributed by atoms with E-state index in [0.29, 0.717) is 0 Å². The highest BCUT2D eigenvalue weighted by atomic mass is 16.5. The van der Waals surface area contributed by atoms with Crippen molar-refractivity contribution in [2.24, 2.45) is 0 Å². The van der Waals surface area contributed by atoms with E-state index in [-0.39, 0.29) is 5.41 Å². The number of benzene rings is 8. The highest BCUT2D eigenvalue weighted by Gasteiger charge is 2.44. The van der Waals surface area contributed by atoms with Gasteiger partial charge in [-0.05, 0) is 69.6 Å². The molecule has 2 aliphatic heterocycles. The zero-order valence-electron chi connectivity index (χ0n) is 26.8. The van der Waals surface area contributed by atoms with Crippen LogP contribution in [0, 0.1) is 0 Å². The van der Waals surface area contributed by atoms with E-state index in [9.17, 15) is 0 Å². The first-order valence-corrected chi connectivity index (χ1v) is 16.6. The van der Waals surface area contributed by atoms with Gasteiger partial charge < -0.3 is 14.5 Å². The summed E-state index contributed by atoms with van der Waals surface area (Å²) in [5.41, 5.74) is 8.99. The number of fused-ring (bicyclic) bond motifs is 8. The Morgan fingerprint density at radius 1 is 0.500 bits per heavy atom. The second-order valence-corrected chi connectivity index (χ2v) is 13.4. The monoisotopic (exact) mass is 616 g/mol. The summed E-state index contributed by atoms with van der Waals surface area (Å²) in [6.07, 6.45) is 0. The lowest BCUT2D eigenvalue weighted by Crippen LogP contribution is -2.34. The normalized spacial score (nSPS) is 13.9. The molecule has 10 rings (SSSR count). The Morgan fingerprint density at radius 3 is 1.98 bits per heavy atom. The van der Waals surface area contributed by atoms with E-state index in [1.54, 1.807) is 0 Å². The predicted octanol–water partition coefficient (Wildman–Crippen LogP) is 12.8. The molecule has 0 unspecified atom stereocenters. The van der Waals surface area contributed by atoms with E-state index < -0.39 is 0 Å². The van der Waals surface area contributed by atoms with Crippen molar-refractivity contribution < 1.29 is 4.74 Å². The molecule has 0 aliphatic carbocycles. The van der Waals surface area contributed by atoms with Crippen LogP contribution in [0.15, 0.2) is 158 Å². The zero-order chi connectivity index (χ0) is 32.0. The Bertz CT molecular complexity index is 2600. The first-order chi connectivity index (χ1) is 23.6. The molecule has 228 valence electrons. The molecule has 8 aromatic carbocycles. The molecule has 0 atom stereocenters. The number of rotatable bonds is 3. The fourth-order valence-electron chi connectivity index (χ4n) is 8.16. The van der Waals surface area contributed by atoms with Gasteiger partial charge >= 0.3 is 0 Å². The maximum Gasteiger partial charge on any atom is 0.152 e. The maximum absolute atomic E-state index is 6.69. The number of hydrogen-bond acceptors (Lipinski definition) is 3. The summed E-state index contributed by atoms with van der Waals surface area (Å²) in [7, 11) is 0. The summed E-state index contributed by atoms with van der Waals surface area (Å²) in [6, 6.07) is 57.1. The Balaban J connectivity index is 1.31. The summed E-state index contributed by atoms with van der Waals surface area (Å²) < 4.78 is 6.69. The van der Waals surface area contributed by atoms with Crippen LogP contribution in [0.5, 0.6) is 11.5 Å². The predicted molar refractivity (Wildman–Crippen MR) is 201 cm³/mol. The van der Waals surface area contributed by atoms with Crippen molar-refractivity contribution in [3.05, 3.63) is 169 Å². The smallest absolute Gasteiger partial charge is 0.152 e. The topological polar surface area (TPSA) is 15.7 Å². The van der Waals surface area contributed by atoms with Gasteiger partial charge in [0.2, 0.25) is 0 Å². The molecule has 0 N–H and O–H groups in total. The lowest BCUT2D eigenvalue weighted by Gasteiger charge is -2.47. The highest BCUT2D eigenvalue weighted by Crippen LogP contribution is 2.63. The van der Waals surface area contributed by atoms with Gasteiger partial charge in [0.25, 0.3) is 0 Å². The van der Waals surface area contributed by atoms with Gasteiger partial charge in [0, 0.05) is 27.4 Å². The second kappa shape index (κ2) is 9.97. The summed E-state index contributed by atoms with van der Waals surface area (Å²) in [5.74, 6) is 1.76. The molecule has 0 amide bonds. The van der Waals surface area contributed by atoms with Crippen LogP contribution in [0.4, 0.5) is 34.1 Å². The Labute approximate surface area is 279 Å². The van der Waals surface area contributed by atoms with Crippen molar-refractivity contribution in [3.8, 4) is 11.5 Å². The van der Waals surface area contributed by atoms with Crippen molar-refractivity contribution in [3.63, 3.8) is 0 Å². The minimum Gasteiger partial charge on any atom is -0.453 e. The Hall–Kier alpha value is -6.06. The zero-order valence-corrected chi connectivity index (χ0v) is 26.8. The van der Waals surface area contributed by atoms with Crippen LogP contribution in [0.3, 0.4) is 0 Å². The number of anilines is 6. The molecule has 0 bridgehead atoms. The first-order valence-electron chi connectivity index (χ1n) is 16.6. The molecule has 2 heterocycles. The van der Waals surface area contributed by atoms with E-state index in [1.165, 1.54) is 49.1 Å². The van der Waals surface area contributed by atoms with Gasteiger partial charge in [0.05, 0.1) is 28.4 Å². The van der Waals surface area contributed by atoms with Crippen LogP contribution in [0.1, 0.15) is 25.0 Å². The third kappa shape index (κ3) is 3.76. The molecule has 3 nitrogen and oxygen atoms in total. The Morgan fingerprint density at radius 2 is 1.12 bits per heavy atom. The quantitative estimate of drug-likeness (QED) is 0.196. The summed E-state index contributed by atoms with van der Waals surface area (Å²) >= 11 is 0. The number of ether oxygens (including phenoxy) is 1. The lowest BCUT2D eigenvalue weighted by atomic mass is 9.72. The van der Waals surface area contributed by atoms with Gasteiger partial charge in [-0.1, -0.05) is 129 Å². The molecule has 0 aromatic heterocycles. The van der Waals surface area contributed by atoms with E-state index in [0.717, 1.165) is 39.9 Å². The summed E-state index contributed by atoms with van der Waals surface area (Å²) in [5, 5.41) is 7.24. The SMILES string of the molecule is CC1(C)c2cccc3c2N(c2cccc(N(c4ccc5ccccc5c4)c4cccc5ccccc45)c21)c1c(ccc2ccccc12)O3. The number of para-hydroxylation sites is 1. The second-order valence-electron chi connectivity index (χ2n) is 13.4. The van der Waals surface area contributed by atoms with Gasteiger partial charge in [-0.2, -0.15) is 0 Å². The van der Waals surface area contributed by atoms with Crippen molar-refractivity contribution in [2.45, 2.75) is 19.3 Å². The minimum atomic E-state index is -0.348. The van der Waals surface area contributed by atoms with Crippen molar-refractivity contribution in [2.75, 3.05) is 9.80 Å². The summed E-state index contributed by atoms with van der Waals surface area (Å²) in [4.78, 5) is 4.95. The molecule has 0 fully saturated rings. The minimum absolute atomic E-state index is 0.348. The highest BCUT2D eigenvalue weighted by molar-refractivity contribution is 6.08. The van der Waals surface area contributed by atoms with Crippen LogP contribution in [-0.2, 0) is 5.41 Å². The van der Waals surface area contributed by atoms with Gasteiger partial charge in [0.15, 0.2) is 11.5 Å². The van der Waals surface area contributed by atoms with Gasteiger partial charge in [-0.3, -0.25) is 0 Å². The standard InChI is InChI=1S/C45H32N2O/c1-45(2)36-19-10-23-40-44(36)47(43-35-18-8-6-14-31(35)25-27-41(43)48-40)39-22-11-21-38(42(39)45)46(33-26-24-29-12-3-4-15-32(29)28-33)37-20-9-16-30-13-5-7-17-34(30)37/h3-28H,1-2H3. The van der Waals surface area contributed by atoms with Gasteiger partial charge in [-0.15, -0.1) is 0 Å². The van der Waals surface area contributed by atoms with E-state index in [2.05, 4.69) is 181 Å². The lowest BCUT2D eigenvalue weighted by molar-refractivity contribution is 0.472. The molecule has 8 aromatic rings. The van der Waals surface area contributed by atoms with Crippen LogP contribution >= 0.6 is 0 Å². The average molecular weight is 617 g/mol. The number of hydrogen-bond donors (Lipinski definition) is 0. The average Bonchev–Trinajstić information content (AvgIpc) is 3.13. The fourth-order valence-corrected chi connectivity index (χ4v) is 8.16. The van der Waals surface area contributed by atoms with Crippen LogP contribution in [0.25, 0.3) is 32.3 Å². The first kappa shape index (κ1) is 27.1. The van der Waals surface area contributed by atoms with Crippen molar-refractivity contribution in [1.82, 2.24) is 0 Å². The molecular formula is C45H32N2O. The third-order valence-electron chi connectivity index (χ3n) is 10.3. The van der Waals surface area contributed by atoms with Crippen LogP contribution < -0.4 is 14.5 Å². The van der Waals surface area contributed by atoms with Gasteiger partial charge in [0.1, 0.15) is 0 Å². The molecule has 0 saturated heterocycles. The van der Waals surface area contributed by atoms with E-state index in [4.69, 9.17) is 4.74 Å². The maximum atomic E-state index is 6.69. The van der Waals surface area contributed by atoms with E-state index >= 15 is 0 Å². The van der Waals surface area contributed by atoms with Gasteiger partial charge in [-0.25, -0.2) is 0 Å². The van der Waals surface area contributed by atoms with Crippen LogP contribution in [-0.4, -0.2) is 0 Å². The fraction of sp³-hybridized carbons (Fsp3) is 0.0667. The molecule has 0 spiro atoms. The molecular weight excluding hydrogens is 585 g/mol. The van der Waals surface area contributed by atoms with Crippen molar-refractivity contribution in [1.29, 1.82) is 0 Å². The third-order valence-corrected chi connectivity index (χ3v) is 10.3. The summed E-state index contributed by atoms with van der Waals surface area (Å²) in [6.45, 7) is 4.73. The molecule has 0 radical (unpaired) electrons. The van der Waals surface area contributed by atoms with Crippen molar-refractivity contribution >= 4 is 66.4 Å².